The topological polar surface area (TPSA) is 23.6 Å². The van der Waals surface area contributed by atoms with Crippen LogP contribution in [0.2, 0.25) is 0 Å². The van der Waals surface area contributed by atoms with Crippen molar-refractivity contribution >= 4 is 5.78 Å². The molecular formula is C12H22N2O. The van der Waals surface area contributed by atoms with Gasteiger partial charge in [-0.05, 0) is 14.0 Å². The largest absolute Gasteiger partial charge is 0.372 e. The first kappa shape index (κ1) is 12.2. The van der Waals surface area contributed by atoms with Gasteiger partial charge >= 0.3 is 0 Å². The molecule has 0 radical (unpaired) electrons. The van der Waals surface area contributed by atoms with Gasteiger partial charge < -0.3 is 14.6 Å². The maximum absolute atomic E-state index is 11.0. The minimum Gasteiger partial charge on any atom is -0.372 e. The third-order valence-electron chi connectivity index (χ3n) is 3.07. The van der Waals surface area contributed by atoms with Crippen molar-refractivity contribution in [3.8, 4) is 0 Å². The molecule has 0 aromatic rings. The zero-order valence-electron chi connectivity index (χ0n) is 10.1. The van der Waals surface area contributed by atoms with Crippen molar-refractivity contribution in [2.45, 2.75) is 20.3 Å². The van der Waals surface area contributed by atoms with Crippen LogP contribution >= 0.6 is 0 Å². The first-order chi connectivity index (χ1) is 7.00. The Labute approximate surface area is 92.7 Å². The number of carbonyl (C=O) groups is 1. The van der Waals surface area contributed by atoms with E-state index < -0.39 is 0 Å². The first-order valence-corrected chi connectivity index (χ1v) is 5.62. The number of allylic oxidation sites excluding steroid dienone is 1. The number of Topliss-reactive ketones (excluding diaryl/α,β-unsaturated/α-hetero) is 1. The molecule has 1 unspecified atom stereocenters. The van der Waals surface area contributed by atoms with Crippen molar-refractivity contribution in [1.82, 2.24) is 9.80 Å². The predicted octanol–water partition coefficient (Wildman–Crippen LogP) is 1.36. The summed E-state index contributed by atoms with van der Waals surface area (Å²) in [6.07, 6.45) is 0.616. The third kappa shape index (κ3) is 3.67. The molecule has 3 heteroatoms. The minimum atomic E-state index is 0.248. The Bertz CT molecular complexity index is 242. The summed E-state index contributed by atoms with van der Waals surface area (Å²) < 4.78 is 0. The van der Waals surface area contributed by atoms with Gasteiger partial charge in [-0.2, -0.15) is 0 Å². The number of piperazine rings is 1. The summed E-state index contributed by atoms with van der Waals surface area (Å²) in [6.45, 7) is 12.1. The Morgan fingerprint density at radius 3 is 2.33 bits per heavy atom. The average Bonchev–Trinajstić information content (AvgIpc) is 2.17. The van der Waals surface area contributed by atoms with E-state index in [0.717, 1.165) is 31.9 Å². The monoisotopic (exact) mass is 210 g/mol. The lowest BCUT2D eigenvalue weighted by Crippen LogP contribution is -2.44. The maximum atomic E-state index is 11.0. The second-order valence-electron chi connectivity index (χ2n) is 4.59. The number of likely N-dealkylation sites (N-methyl/N-ethyl adjacent to an activating group) is 1. The molecule has 1 fully saturated rings. The number of hydrogen-bond donors (Lipinski definition) is 0. The smallest absolute Gasteiger partial charge is 0.130 e. The van der Waals surface area contributed by atoms with E-state index >= 15 is 0 Å². The van der Waals surface area contributed by atoms with Gasteiger partial charge in [0.05, 0.1) is 0 Å². The van der Waals surface area contributed by atoms with Crippen LogP contribution in [0.4, 0.5) is 0 Å². The van der Waals surface area contributed by atoms with Gasteiger partial charge in [0, 0.05) is 44.2 Å². The van der Waals surface area contributed by atoms with Crippen molar-refractivity contribution < 1.29 is 4.79 Å². The summed E-state index contributed by atoms with van der Waals surface area (Å²) in [5.74, 6) is 0.531. The molecule has 0 amide bonds. The van der Waals surface area contributed by atoms with Crippen molar-refractivity contribution in [3.63, 3.8) is 0 Å². The van der Waals surface area contributed by atoms with Crippen LogP contribution in [0, 0.1) is 5.92 Å². The lowest BCUT2D eigenvalue weighted by molar-refractivity contribution is -0.117. The van der Waals surface area contributed by atoms with E-state index in [4.69, 9.17) is 0 Å². The van der Waals surface area contributed by atoms with E-state index in [1.54, 1.807) is 6.92 Å². The first-order valence-electron chi connectivity index (χ1n) is 5.62. The average molecular weight is 210 g/mol. The highest BCUT2D eigenvalue weighted by atomic mass is 16.1. The summed E-state index contributed by atoms with van der Waals surface area (Å²) in [6, 6.07) is 0. The molecule has 0 aliphatic carbocycles. The quantitative estimate of drug-likeness (QED) is 0.700. The SMILES string of the molecule is C=C(C(C)CC(C)=O)N1CCN(C)CC1. The zero-order valence-corrected chi connectivity index (χ0v) is 10.1. The van der Waals surface area contributed by atoms with Gasteiger partial charge in [0.25, 0.3) is 0 Å². The van der Waals surface area contributed by atoms with Crippen LogP contribution in [0.25, 0.3) is 0 Å². The van der Waals surface area contributed by atoms with E-state index in [-0.39, 0.29) is 11.7 Å². The molecule has 0 aromatic carbocycles. The van der Waals surface area contributed by atoms with E-state index in [1.807, 2.05) is 0 Å². The van der Waals surface area contributed by atoms with E-state index in [2.05, 4.69) is 30.4 Å². The van der Waals surface area contributed by atoms with Gasteiger partial charge in [-0.25, -0.2) is 0 Å². The number of ketones is 1. The maximum Gasteiger partial charge on any atom is 0.130 e. The van der Waals surface area contributed by atoms with Crippen LogP contribution in [0.5, 0.6) is 0 Å². The molecule has 3 nitrogen and oxygen atoms in total. The lowest BCUT2D eigenvalue weighted by Gasteiger charge is -2.37. The second kappa shape index (κ2) is 5.31. The van der Waals surface area contributed by atoms with Crippen LogP contribution in [0.3, 0.4) is 0 Å². The highest BCUT2D eigenvalue weighted by molar-refractivity contribution is 5.76. The van der Waals surface area contributed by atoms with Gasteiger partial charge in [-0.15, -0.1) is 0 Å². The van der Waals surface area contributed by atoms with Gasteiger partial charge in [-0.3, -0.25) is 0 Å². The molecule has 1 saturated heterocycles. The Morgan fingerprint density at radius 1 is 1.33 bits per heavy atom. The Hall–Kier alpha value is -0.830. The summed E-state index contributed by atoms with van der Waals surface area (Å²) in [4.78, 5) is 15.7. The number of hydrogen-bond acceptors (Lipinski definition) is 3. The molecule has 0 spiro atoms. The number of carbonyl (C=O) groups excluding carboxylic acids is 1. The fraction of sp³-hybridized carbons (Fsp3) is 0.750. The summed E-state index contributed by atoms with van der Waals surface area (Å²) in [5.41, 5.74) is 1.12. The van der Waals surface area contributed by atoms with Crippen LogP contribution in [0.1, 0.15) is 20.3 Å². The summed E-state index contributed by atoms with van der Waals surface area (Å²) >= 11 is 0. The molecule has 0 aromatic heterocycles. The van der Waals surface area contributed by atoms with Crippen molar-refractivity contribution in [2.24, 2.45) is 5.92 Å². The van der Waals surface area contributed by atoms with Crippen LogP contribution < -0.4 is 0 Å². The standard InChI is InChI=1S/C12H22N2O/c1-10(9-11(2)15)12(3)14-7-5-13(4)6-8-14/h10H,3,5-9H2,1-2,4H3. The van der Waals surface area contributed by atoms with Crippen molar-refractivity contribution in [1.29, 1.82) is 0 Å². The fourth-order valence-electron chi connectivity index (χ4n) is 1.95. The Balaban J connectivity index is 2.42. The Kier molecular flexibility index (Phi) is 4.33. The molecule has 15 heavy (non-hydrogen) atoms. The molecule has 0 bridgehead atoms. The minimum absolute atomic E-state index is 0.248. The van der Waals surface area contributed by atoms with Gasteiger partial charge in [0.1, 0.15) is 5.78 Å². The molecule has 1 aliphatic rings. The fourth-order valence-corrected chi connectivity index (χ4v) is 1.95. The normalized spacial score (nSPS) is 20.1. The molecular weight excluding hydrogens is 188 g/mol. The Morgan fingerprint density at radius 2 is 1.87 bits per heavy atom. The van der Waals surface area contributed by atoms with E-state index in [1.165, 1.54) is 0 Å². The van der Waals surface area contributed by atoms with Gasteiger partial charge in [0.2, 0.25) is 0 Å². The van der Waals surface area contributed by atoms with Crippen LogP contribution in [-0.4, -0.2) is 48.8 Å². The lowest BCUT2D eigenvalue weighted by atomic mass is 10.0. The van der Waals surface area contributed by atoms with Crippen molar-refractivity contribution in [3.05, 3.63) is 12.3 Å². The van der Waals surface area contributed by atoms with Crippen LogP contribution in [0.15, 0.2) is 12.3 Å². The van der Waals surface area contributed by atoms with Gasteiger partial charge in [-0.1, -0.05) is 13.5 Å². The second-order valence-corrected chi connectivity index (χ2v) is 4.59. The molecule has 0 N–H and O–H groups in total. The number of nitrogens with zero attached hydrogens (tertiary/aromatic N) is 2. The molecule has 0 saturated carbocycles. The van der Waals surface area contributed by atoms with E-state index in [0.29, 0.717) is 6.42 Å². The highest BCUT2D eigenvalue weighted by Crippen LogP contribution is 2.18. The summed E-state index contributed by atoms with van der Waals surface area (Å²) in [5, 5.41) is 0. The molecule has 1 heterocycles. The highest BCUT2D eigenvalue weighted by Gasteiger charge is 2.19. The predicted molar refractivity (Wildman–Crippen MR) is 62.7 cm³/mol. The van der Waals surface area contributed by atoms with E-state index in [9.17, 15) is 4.79 Å². The third-order valence-corrected chi connectivity index (χ3v) is 3.07. The van der Waals surface area contributed by atoms with Crippen LogP contribution in [-0.2, 0) is 4.79 Å². The molecule has 1 aliphatic heterocycles. The van der Waals surface area contributed by atoms with Crippen molar-refractivity contribution in [2.75, 3.05) is 33.2 Å². The molecule has 86 valence electrons. The molecule has 1 atom stereocenters. The van der Waals surface area contributed by atoms with Gasteiger partial charge in [0.15, 0.2) is 0 Å². The number of rotatable bonds is 4. The summed E-state index contributed by atoms with van der Waals surface area (Å²) in [7, 11) is 2.14. The molecule has 1 rings (SSSR count). The zero-order chi connectivity index (χ0) is 11.4.